The second-order valence-corrected chi connectivity index (χ2v) is 5.58. The number of nitrogens with zero attached hydrogens (tertiary/aromatic N) is 1. The molecule has 106 valence electrons. The molecule has 0 aliphatic heterocycles. The molecule has 0 fully saturated rings. The van der Waals surface area contributed by atoms with Crippen molar-refractivity contribution < 1.29 is 14.3 Å². The smallest absolute Gasteiger partial charge is 0.373 e. The largest absolute Gasteiger partial charge is 0.475 e. The summed E-state index contributed by atoms with van der Waals surface area (Å²) in [7, 11) is 0. The predicted molar refractivity (Wildman–Crippen MR) is 77.5 cm³/mol. The van der Waals surface area contributed by atoms with Crippen molar-refractivity contribution in [3.05, 3.63) is 39.7 Å². The van der Waals surface area contributed by atoms with E-state index in [2.05, 4.69) is 4.98 Å². The molecule has 1 N–H and O–H groups in total. The Kier molecular flexibility index (Phi) is 4.35. The third kappa shape index (κ3) is 2.97. The second kappa shape index (κ2) is 5.85. The van der Waals surface area contributed by atoms with Crippen LogP contribution in [0, 0.1) is 5.92 Å². The van der Waals surface area contributed by atoms with E-state index in [1.54, 1.807) is 18.2 Å². The Balaban J connectivity index is 2.53. The topological polar surface area (TPSA) is 63.3 Å². The first kappa shape index (κ1) is 14.9. The highest BCUT2D eigenvalue weighted by atomic mass is 35.5. The lowest BCUT2D eigenvalue weighted by Gasteiger charge is -2.01. The van der Waals surface area contributed by atoms with Gasteiger partial charge >= 0.3 is 5.97 Å². The standard InChI is InChI=1S/C14H13Cl2NO3/c1-7(2)6-10-12(14(18)19)20-13(17-10)8-4-3-5-9(15)11(8)16/h3-5,7H,6H2,1-2H3,(H,18,19). The fraction of sp³-hybridized carbons (Fsp3) is 0.286. The number of benzene rings is 1. The number of carbonyl (C=O) groups is 1. The van der Waals surface area contributed by atoms with Crippen molar-refractivity contribution in [2.45, 2.75) is 20.3 Å². The van der Waals surface area contributed by atoms with Crippen molar-refractivity contribution in [1.82, 2.24) is 4.98 Å². The van der Waals surface area contributed by atoms with Gasteiger partial charge < -0.3 is 9.52 Å². The predicted octanol–water partition coefficient (Wildman–Crippen LogP) is 4.55. The summed E-state index contributed by atoms with van der Waals surface area (Å²) in [6.45, 7) is 3.96. The molecule has 20 heavy (non-hydrogen) atoms. The van der Waals surface area contributed by atoms with Crippen LogP contribution in [-0.4, -0.2) is 16.1 Å². The maximum atomic E-state index is 11.2. The van der Waals surface area contributed by atoms with Gasteiger partial charge in [-0.3, -0.25) is 0 Å². The monoisotopic (exact) mass is 313 g/mol. The summed E-state index contributed by atoms with van der Waals surface area (Å²) in [5.74, 6) is -0.853. The third-order valence-electron chi connectivity index (χ3n) is 2.68. The normalized spacial score (nSPS) is 11.1. The number of aromatic carboxylic acids is 1. The maximum Gasteiger partial charge on any atom is 0.373 e. The number of aromatic nitrogens is 1. The SMILES string of the molecule is CC(C)Cc1nc(-c2cccc(Cl)c2Cl)oc1C(=O)O. The lowest BCUT2D eigenvalue weighted by Crippen LogP contribution is -2.03. The molecular weight excluding hydrogens is 301 g/mol. The van der Waals surface area contributed by atoms with E-state index in [0.717, 1.165) is 0 Å². The highest BCUT2D eigenvalue weighted by Gasteiger charge is 2.22. The van der Waals surface area contributed by atoms with Gasteiger partial charge in [0.1, 0.15) is 0 Å². The Labute approximate surface area is 126 Å². The molecule has 1 heterocycles. The molecule has 0 bridgehead atoms. The van der Waals surface area contributed by atoms with Crippen molar-refractivity contribution in [2.24, 2.45) is 5.92 Å². The van der Waals surface area contributed by atoms with Gasteiger partial charge in [-0.1, -0.05) is 43.1 Å². The molecule has 0 aliphatic carbocycles. The Hall–Kier alpha value is -1.52. The molecule has 1 aromatic carbocycles. The van der Waals surface area contributed by atoms with Crippen molar-refractivity contribution in [2.75, 3.05) is 0 Å². The molecule has 0 aliphatic rings. The number of carboxylic acid groups (broad SMARTS) is 1. The summed E-state index contributed by atoms with van der Waals surface area (Å²) in [6.07, 6.45) is 0.517. The van der Waals surface area contributed by atoms with Crippen LogP contribution in [0.3, 0.4) is 0 Å². The summed E-state index contributed by atoms with van der Waals surface area (Å²) >= 11 is 12.0. The third-order valence-corrected chi connectivity index (χ3v) is 3.49. The summed E-state index contributed by atoms with van der Waals surface area (Å²) < 4.78 is 5.35. The zero-order valence-electron chi connectivity index (χ0n) is 11.0. The molecule has 0 unspecified atom stereocenters. The van der Waals surface area contributed by atoms with Crippen molar-refractivity contribution in [3.8, 4) is 11.5 Å². The number of hydrogen-bond acceptors (Lipinski definition) is 3. The Morgan fingerprint density at radius 1 is 1.40 bits per heavy atom. The first-order valence-corrected chi connectivity index (χ1v) is 6.83. The summed E-state index contributed by atoms with van der Waals surface area (Å²) in [5, 5.41) is 9.83. The van der Waals surface area contributed by atoms with Gasteiger partial charge in [0.25, 0.3) is 0 Å². The molecule has 0 saturated heterocycles. The van der Waals surface area contributed by atoms with E-state index in [4.69, 9.17) is 32.7 Å². The molecule has 4 nitrogen and oxygen atoms in total. The average molecular weight is 314 g/mol. The fourth-order valence-electron chi connectivity index (χ4n) is 1.83. The van der Waals surface area contributed by atoms with Gasteiger partial charge in [-0.15, -0.1) is 0 Å². The van der Waals surface area contributed by atoms with Crippen LogP contribution in [-0.2, 0) is 6.42 Å². The molecular formula is C14H13Cl2NO3. The molecule has 2 rings (SSSR count). The van der Waals surface area contributed by atoms with Crippen LogP contribution in [0.25, 0.3) is 11.5 Å². The van der Waals surface area contributed by atoms with Crippen LogP contribution < -0.4 is 0 Å². The van der Waals surface area contributed by atoms with Crippen LogP contribution >= 0.6 is 23.2 Å². The van der Waals surface area contributed by atoms with E-state index in [-0.39, 0.29) is 17.6 Å². The number of rotatable bonds is 4. The van der Waals surface area contributed by atoms with Gasteiger partial charge in [0, 0.05) is 0 Å². The highest BCUT2D eigenvalue weighted by molar-refractivity contribution is 6.43. The summed E-state index contributed by atoms with van der Waals surface area (Å²) in [6, 6.07) is 5.03. The first-order chi connectivity index (χ1) is 9.40. The first-order valence-electron chi connectivity index (χ1n) is 6.07. The number of hydrogen-bond donors (Lipinski definition) is 1. The average Bonchev–Trinajstić information content (AvgIpc) is 2.75. The van der Waals surface area contributed by atoms with Crippen LogP contribution in [0.1, 0.15) is 30.1 Å². The Morgan fingerprint density at radius 2 is 2.10 bits per heavy atom. The minimum absolute atomic E-state index is 0.148. The zero-order valence-corrected chi connectivity index (χ0v) is 12.5. The molecule has 1 aromatic heterocycles. The van der Waals surface area contributed by atoms with E-state index in [1.165, 1.54) is 0 Å². The molecule has 0 saturated carbocycles. The molecule has 6 heteroatoms. The number of halogens is 2. The van der Waals surface area contributed by atoms with E-state index in [0.29, 0.717) is 27.7 Å². The molecule has 0 amide bonds. The van der Waals surface area contributed by atoms with Gasteiger partial charge in [0.05, 0.1) is 21.3 Å². The Bertz CT molecular complexity index is 650. The van der Waals surface area contributed by atoms with Gasteiger partial charge in [0.2, 0.25) is 11.7 Å². The Morgan fingerprint density at radius 3 is 2.70 bits per heavy atom. The number of carboxylic acids is 1. The summed E-state index contributed by atoms with van der Waals surface area (Å²) in [4.78, 5) is 15.5. The molecule has 0 spiro atoms. The van der Waals surface area contributed by atoms with Crippen LogP contribution in [0.5, 0.6) is 0 Å². The van der Waals surface area contributed by atoms with Crippen molar-refractivity contribution in [3.63, 3.8) is 0 Å². The van der Waals surface area contributed by atoms with Crippen molar-refractivity contribution >= 4 is 29.2 Å². The van der Waals surface area contributed by atoms with Crippen LogP contribution in [0.2, 0.25) is 10.0 Å². The molecule has 0 radical (unpaired) electrons. The minimum atomic E-state index is -1.14. The lowest BCUT2D eigenvalue weighted by molar-refractivity contribution is 0.0661. The minimum Gasteiger partial charge on any atom is -0.475 e. The van der Waals surface area contributed by atoms with E-state index < -0.39 is 5.97 Å². The van der Waals surface area contributed by atoms with E-state index in [1.807, 2.05) is 13.8 Å². The lowest BCUT2D eigenvalue weighted by atomic mass is 10.1. The van der Waals surface area contributed by atoms with Gasteiger partial charge in [-0.25, -0.2) is 9.78 Å². The van der Waals surface area contributed by atoms with Gasteiger partial charge in [0.15, 0.2) is 0 Å². The second-order valence-electron chi connectivity index (χ2n) is 4.80. The van der Waals surface area contributed by atoms with E-state index in [9.17, 15) is 4.79 Å². The van der Waals surface area contributed by atoms with Crippen LogP contribution in [0.15, 0.2) is 22.6 Å². The van der Waals surface area contributed by atoms with Gasteiger partial charge in [-0.05, 0) is 24.5 Å². The van der Waals surface area contributed by atoms with Gasteiger partial charge in [-0.2, -0.15) is 0 Å². The van der Waals surface area contributed by atoms with Crippen LogP contribution in [0.4, 0.5) is 0 Å². The fourth-order valence-corrected chi connectivity index (χ4v) is 2.21. The zero-order chi connectivity index (χ0) is 14.9. The van der Waals surface area contributed by atoms with E-state index >= 15 is 0 Å². The quantitative estimate of drug-likeness (QED) is 0.899. The van der Waals surface area contributed by atoms with Crippen molar-refractivity contribution in [1.29, 1.82) is 0 Å². The molecule has 2 aromatic rings. The summed E-state index contributed by atoms with van der Waals surface area (Å²) in [5.41, 5.74) is 0.898. The highest BCUT2D eigenvalue weighted by Crippen LogP contribution is 2.34. The number of oxazole rings is 1. The molecule has 0 atom stereocenters. The maximum absolute atomic E-state index is 11.2.